The van der Waals surface area contributed by atoms with Gasteiger partial charge >= 0.3 is 5.97 Å². The third-order valence-corrected chi connectivity index (χ3v) is 2.88. The standard InChI is InChI=1S/C16H19N3O4/c1-22-9-5-8-18-15(20)12(10-17)11-19-14-7-4-3-6-13(14)16(21)23-2/h3-4,6-7,11,19H,5,8-9H2,1-2H3,(H,18,20)/b12-11-. The minimum atomic E-state index is -0.510. The molecule has 0 saturated carbocycles. The van der Waals surface area contributed by atoms with Crippen LogP contribution in [0.3, 0.4) is 0 Å². The van der Waals surface area contributed by atoms with Crippen molar-refractivity contribution in [3.05, 3.63) is 41.6 Å². The van der Waals surface area contributed by atoms with Gasteiger partial charge < -0.3 is 20.1 Å². The van der Waals surface area contributed by atoms with Gasteiger partial charge in [-0.25, -0.2) is 4.79 Å². The number of rotatable bonds is 8. The normalized spacial score (nSPS) is 10.6. The first kappa shape index (κ1) is 18.2. The fraction of sp³-hybridized carbons (Fsp3) is 0.312. The second kappa shape index (κ2) is 9.97. The van der Waals surface area contributed by atoms with Crippen LogP contribution in [0, 0.1) is 11.3 Å². The Bertz CT molecular complexity index is 620. The van der Waals surface area contributed by atoms with Crippen LogP contribution in [0.5, 0.6) is 0 Å². The van der Waals surface area contributed by atoms with Gasteiger partial charge in [0.05, 0.1) is 18.4 Å². The summed E-state index contributed by atoms with van der Waals surface area (Å²) < 4.78 is 9.55. The zero-order valence-electron chi connectivity index (χ0n) is 13.1. The minimum Gasteiger partial charge on any atom is -0.465 e. The van der Waals surface area contributed by atoms with E-state index in [1.165, 1.54) is 13.3 Å². The predicted octanol–water partition coefficient (Wildman–Crippen LogP) is 1.45. The first-order chi connectivity index (χ1) is 11.1. The van der Waals surface area contributed by atoms with Crippen LogP contribution >= 0.6 is 0 Å². The monoisotopic (exact) mass is 317 g/mol. The molecule has 122 valence electrons. The summed E-state index contributed by atoms with van der Waals surface area (Å²) in [6, 6.07) is 8.46. The number of nitriles is 1. The summed E-state index contributed by atoms with van der Waals surface area (Å²) in [5, 5.41) is 14.5. The van der Waals surface area contributed by atoms with Gasteiger partial charge in [0.15, 0.2) is 0 Å². The number of benzene rings is 1. The first-order valence-corrected chi connectivity index (χ1v) is 6.95. The lowest BCUT2D eigenvalue weighted by Gasteiger charge is -2.08. The Morgan fingerprint density at radius 1 is 1.30 bits per heavy atom. The molecule has 0 fully saturated rings. The number of esters is 1. The molecule has 1 rings (SSSR count). The van der Waals surface area contributed by atoms with Gasteiger partial charge in [-0.1, -0.05) is 12.1 Å². The summed E-state index contributed by atoms with van der Waals surface area (Å²) in [7, 11) is 2.86. The quantitative estimate of drug-likeness (QED) is 0.326. The van der Waals surface area contributed by atoms with Crippen molar-refractivity contribution in [3.8, 4) is 6.07 Å². The molecule has 0 bridgehead atoms. The van der Waals surface area contributed by atoms with E-state index < -0.39 is 11.9 Å². The third-order valence-electron chi connectivity index (χ3n) is 2.88. The molecule has 0 atom stereocenters. The van der Waals surface area contributed by atoms with E-state index in [9.17, 15) is 9.59 Å². The summed E-state index contributed by atoms with van der Waals surface area (Å²) in [4.78, 5) is 23.5. The average Bonchev–Trinajstić information content (AvgIpc) is 2.59. The molecule has 0 aliphatic heterocycles. The summed E-state index contributed by atoms with van der Waals surface area (Å²) in [5.74, 6) is -1.00. The van der Waals surface area contributed by atoms with Crippen molar-refractivity contribution in [2.75, 3.05) is 32.7 Å². The van der Waals surface area contributed by atoms with E-state index in [1.54, 1.807) is 31.4 Å². The summed E-state index contributed by atoms with van der Waals surface area (Å²) in [6.07, 6.45) is 1.91. The first-order valence-electron chi connectivity index (χ1n) is 6.95. The number of carbonyl (C=O) groups excluding carboxylic acids is 2. The zero-order valence-corrected chi connectivity index (χ0v) is 13.1. The Hall–Kier alpha value is -2.85. The highest BCUT2D eigenvalue weighted by atomic mass is 16.5. The lowest BCUT2D eigenvalue weighted by Crippen LogP contribution is -2.26. The van der Waals surface area contributed by atoms with Gasteiger partial charge in [0, 0.05) is 26.5 Å². The highest BCUT2D eigenvalue weighted by molar-refractivity contribution is 5.98. The maximum atomic E-state index is 11.9. The van der Waals surface area contributed by atoms with Crippen molar-refractivity contribution in [1.29, 1.82) is 5.26 Å². The van der Waals surface area contributed by atoms with Gasteiger partial charge in [-0.05, 0) is 18.6 Å². The Labute approximate surface area is 134 Å². The maximum absolute atomic E-state index is 11.9. The predicted molar refractivity (Wildman–Crippen MR) is 84.6 cm³/mol. The van der Waals surface area contributed by atoms with Crippen LogP contribution in [0.1, 0.15) is 16.8 Å². The molecule has 0 aliphatic carbocycles. The zero-order chi connectivity index (χ0) is 17.1. The Kier molecular flexibility index (Phi) is 7.89. The van der Waals surface area contributed by atoms with Crippen LogP contribution in [-0.2, 0) is 14.3 Å². The molecule has 0 saturated heterocycles. The van der Waals surface area contributed by atoms with Crippen LogP contribution in [0.15, 0.2) is 36.0 Å². The van der Waals surface area contributed by atoms with E-state index in [1.807, 2.05) is 6.07 Å². The molecule has 1 amide bonds. The fourth-order valence-corrected chi connectivity index (χ4v) is 1.71. The Morgan fingerprint density at radius 3 is 2.70 bits per heavy atom. The number of nitrogens with one attached hydrogen (secondary N) is 2. The molecule has 0 radical (unpaired) electrons. The van der Waals surface area contributed by atoms with Crippen molar-refractivity contribution in [2.24, 2.45) is 0 Å². The molecule has 1 aromatic carbocycles. The lowest BCUT2D eigenvalue weighted by atomic mass is 10.2. The van der Waals surface area contributed by atoms with Crippen molar-refractivity contribution in [3.63, 3.8) is 0 Å². The van der Waals surface area contributed by atoms with Crippen molar-refractivity contribution >= 4 is 17.6 Å². The molecule has 0 spiro atoms. The summed E-state index contributed by atoms with van der Waals surface area (Å²) in [5.41, 5.74) is 0.658. The number of nitrogens with zero attached hydrogens (tertiary/aromatic N) is 1. The molecule has 2 N–H and O–H groups in total. The van der Waals surface area contributed by atoms with Crippen LogP contribution in [0.2, 0.25) is 0 Å². The molecule has 7 heteroatoms. The Morgan fingerprint density at radius 2 is 2.04 bits per heavy atom. The van der Waals surface area contributed by atoms with E-state index in [0.29, 0.717) is 30.8 Å². The summed E-state index contributed by atoms with van der Waals surface area (Å²) in [6.45, 7) is 0.932. The van der Waals surface area contributed by atoms with Crippen molar-refractivity contribution < 1.29 is 19.1 Å². The highest BCUT2D eigenvalue weighted by Gasteiger charge is 2.12. The van der Waals surface area contributed by atoms with E-state index in [0.717, 1.165) is 0 Å². The van der Waals surface area contributed by atoms with Gasteiger partial charge in [-0.3, -0.25) is 4.79 Å². The average molecular weight is 317 g/mol. The van der Waals surface area contributed by atoms with Crippen LogP contribution in [0.4, 0.5) is 5.69 Å². The smallest absolute Gasteiger partial charge is 0.339 e. The van der Waals surface area contributed by atoms with Gasteiger partial charge in [0.25, 0.3) is 5.91 Å². The second-order valence-corrected chi connectivity index (χ2v) is 4.45. The summed E-state index contributed by atoms with van der Waals surface area (Å²) >= 11 is 0. The highest BCUT2D eigenvalue weighted by Crippen LogP contribution is 2.16. The molecule has 0 unspecified atom stereocenters. The van der Waals surface area contributed by atoms with E-state index in [4.69, 9.17) is 10.00 Å². The lowest BCUT2D eigenvalue weighted by molar-refractivity contribution is -0.117. The van der Waals surface area contributed by atoms with Crippen LogP contribution < -0.4 is 10.6 Å². The number of methoxy groups -OCH3 is 2. The van der Waals surface area contributed by atoms with Gasteiger partial charge in [0.2, 0.25) is 0 Å². The number of hydrogen-bond donors (Lipinski definition) is 2. The van der Waals surface area contributed by atoms with Gasteiger partial charge in [-0.2, -0.15) is 5.26 Å². The molecular weight excluding hydrogens is 298 g/mol. The number of ether oxygens (including phenoxy) is 2. The van der Waals surface area contributed by atoms with E-state index in [-0.39, 0.29) is 5.57 Å². The number of carbonyl (C=O) groups is 2. The van der Waals surface area contributed by atoms with Crippen LogP contribution in [0.25, 0.3) is 0 Å². The number of amides is 1. The SMILES string of the molecule is COCCCNC(=O)/C(C#N)=C\Nc1ccccc1C(=O)OC. The molecule has 23 heavy (non-hydrogen) atoms. The largest absolute Gasteiger partial charge is 0.465 e. The van der Waals surface area contributed by atoms with Crippen molar-refractivity contribution in [1.82, 2.24) is 5.32 Å². The number of hydrogen-bond acceptors (Lipinski definition) is 6. The minimum absolute atomic E-state index is 0.0953. The molecule has 1 aromatic rings. The van der Waals surface area contributed by atoms with Gasteiger partial charge in [0.1, 0.15) is 11.6 Å². The van der Waals surface area contributed by atoms with E-state index in [2.05, 4.69) is 15.4 Å². The number of para-hydroxylation sites is 1. The molecule has 7 nitrogen and oxygen atoms in total. The van der Waals surface area contributed by atoms with Crippen LogP contribution in [-0.4, -0.2) is 39.2 Å². The topological polar surface area (TPSA) is 100 Å². The van der Waals surface area contributed by atoms with E-state index >= 15 is 0 Å². The molecule has 0 heterocycles. The molecule has 0 aliphatic rings. The molecular formula is C16H19N3O4. The Balaban J connectivity index is 2.76. The van der Waals surface area contributed by atoms with Crippen molar-refractivity contribution in [2.45, 2.75) is 6.42 Å². The maximum Gasteiger partial charge on any atom is 0.339 e. The number of anilines is 1. The third kappa shape index (κ3) is 5.80. The fourth-order valence-electron chi connectivity index (χ4n) is 1.71. The molecule has 0 aromatic heterocycles. The van der Waals surface area contributed by atoms with Gasteiger partial charge in [-0.15, -0.1) is 0 Å². The second-order valence-electron chi connectivity index (χ2n) is 4.45.